The third-order valence-corrected chi connectivity index (χ3v) is 4.57. The molecule has 0 spiro atoms. The number of carbonyl (C=O) groups excluding carboxylic acids is 1. The highest BCUT2D eigenvalue weighted by Gasteiger charge is 2.21. The van der Waals surface area contributed by atoms with Gasteiger partial charge in [-0.25, -0.2) is 0 Å². The van der Waals surface area contributed by atoms with Crippen molar-refractivity contribution < 1.29 is 9.53 Å². The molecule has 1 N–H and O–H groups in total. The molecule has 0 saturated carbocycles. The Kier molecular flexibility index (Phi) is 7.70. The zero-order valence-corrected chi connectivity index (χ0v) is 14.2. The summed E-state index contributed by atoms with van der Waals surface area (Å²) in [5, 5.41) is 2.78. The van der Waals surface area contributed by atoms with Crippen molar-refractivity contribution in [1.82, 2.24) is 5.32 Å². The van der Waals surface area contributed by atoms with Gasteiger partial charge in [-0.05, 0) is 31.0 Å². The van der Waals surface area contributed by atoms with Crippen molar-refractivity contribution in [3.8, 4) is 0 Å². The van der Waals surface area contributed by atoms with Gasteiger partial charge in [0.05, 0.1) is 0 Å². The van der Waals surface area contributed by atoms with Crippen molar-refractivity contribution in [3.05, 3.63) is 66.2 Å². The fraction of sp³-hybridized carbons (Fsp3) is 0.316. The van der Waals surface area contributed by atoms with Crippen LogP contribution in [0.25, 0.3) is 0 Å². The van der Waals surface area contributed by atoms with E-state index < -0.39 is 0 Å². The van der Waals surface area contributed by atoms with E-state index in [2.05, 4.69) is 5.32 Å². The molecule has 0 bridgehead atoms. The number of nitrogens with one attached hydrogen (secondary N) is 1. The zero-order chi connectivity index (χ0) is 16.3. The molecule has 1 atom stereocenters. The van der Waals surface area contributed by atoms with Gasteiger partial charge in [0, 0.05) is 24.7 Å². The maximum absolute atomic E-state index is 12.6. The molecular weight excluding hydrogens is 306 g/mol. The van der Waals surface area contributed by atoms with Gasteiger partial charge in [-0.2, -0.15) is 0 Å². The SMILES string of the molecule is CCOCCCNC(=O)[C@H](Sc1ccccc1)c1ccccc1. The lowest BCUT2D eigenvalue weighted by Gasteiger charge is -2.17. The fourth-order valence-electron chi connectivity index (χ4n) is 2.16. The molecule has 4 heteroatoms. The Hall–Kier alpha value is -1.78. The Balaban J connectivity index is 2.00. The molecule has 0 saturated heterocycles. The number of thioether (sulfide) groups is 1. The Labute approximate surface area is 142 Å². The minimum Gasteiger partial charge on any atom is -0.382 e. The smallest absolute Gasteiger partial charge is 0.237 e. The van der Waals surface area contributed by atoms with Gasteiger partial charge in [0.25, 0.3) is 0 Å². The number of hydrogen-bond donors (Lipinski definition) is 1. The quantitative estimate of drug-likeness (QED) is 0.557. The third kappa shape index (κ3) is 6.08. The molecule has 0 radical (unpaired) electrons. The lowest BCUT2D eigenvalue weighted by Crippen LogP contribution is -2.29. The first kappa shape index (κ1) is 17.6. The third-order valence-electron chi connectivity index (χ3n) is 3.31. The van der Waals surface area contributed by atoms with Crippen molar-refractivity contribution in [1.29, 1.82) is 0 Å². The van der Waals surface area contributed by atoms with E-state index in [1.165, 1.54) is 0 Å². The number of ether oxygens (including phenoxy) is 1. The van der Waals surface area contributed by atoms with Crippen molar-refractivity contribution in [2.24, 2.45) is 0 Å². The van der Waals surface area contributed by atoms with E-state index >= 15 is 0 Å². The van der Waals surface area contributed by atoms with Gasteiger partial charge in [0.1, 0.15) is 5.25 Å². The van der Waals surface area contributed by atoms with Crippen molar-refractivity contribution in [2.45, 2.75) is 23.5 Å². The van der Waals surface area contributed by atoms with E-state index in [0.29, 0.717) is 19.8 Å². The first-order valence-corrected chi connectivity index (χ1v) is 8.81. The van der Waals surface area contributed by atoms with Crippen LogP contribution < -0.4 is 5.32 Å². The minimum absolute atomic E-state index is 0.0431. The van der Waals surface area contributed by atoms with Crippen molar-refractivity contribution in [3.63, 3.8) is 0 Å². The number of rotatable bonds is 9. The summed E-state index contributed by atoms with van der Waals surface area (Å²) >= 11 is 1.57. The van der Waals surface area contributed by atoms with Gasteiger partial charge in [0.2, 0.25) is 5.91 Å². The van der Waals surface area contributed by atoms with Crippen molar-refractivity contribution >= 4 is 17.7 Å². The maximum atomic E-state index is 12.6. The summed E-state index contributed by atoms with van der Waals surface area (Å²) in [4.78, 5) is 13.7. The Morgan fingerprint density at radius 3 is 2.39 bits per heavy atom. The maximum Gasteiger partial charge on any atom is 0.237 e. The molecule has 122 valence electrons. The highest BCUT2D eigenvalue weighted by Crippen LogP contribution is 2.35. The summed E-state index contributed by atoms with van der Waals surface area (Å²) in [6.07, 6.45) is 0.830. The molecule has 0 fully saturated rings. The van der Waals surface area contributed by atoms with Crippen LogP contribution in [0.4, 0.5) is 0 Å². The topological polar surface area (TPSA) is 38.3 Å². The molecule has 0 heterocycles. The summed E-state index contributed by atoms with van der Waals surface area (Å²) in [5.41, 5.74) is 1.02. The highest BCUT2D eigenvalue weighted by atomic mass is 32.2. The molecule has 2 aromatic carbocycles. The summed E-state index contributed by atoms with van der Waals surface area (Å²) in [6.45, 7) is 4.00. The van der Waals surface area contributed by atoms with Crippen LogP contribution in [0, 0.1) is 0 Å². The zero-order valence-electron chi connectivity index (χ0n) is 13.4. The lowest BCUT2D eigenvalue weighted by atomic mass is 10.1. The van der Waals surface area contributed by atoms with Gasteiger partial charge in [-0.15, -0.1) is 11.8 Å². The second-order valence-electron chi connectivity index (χ2n) is 5.06. The van der Waals surface area contributed by atoms with Crippen LogP contribution in [0.3, 0.4) is 0 Å². The van der Waals surface area contributed by atoms with Crippen LogP contribution in [0.5, 0.6) is 0 Å². The van der Waals surface area contributed by atoms with Crippen LogP contribution in [0.15, 0.2) is 65.6 Å². The van der Waals surface area contributed by atoms with E-state index in [1.54, 1.807) is 11.8 Å². The highest BCUT2D eigenvalue weighted by molar-refractivity contribution is 8.00. The second-order valence-corrected chi connectivity index (χ2v) is 6.24. The summed E-state index contributed by atoms with van der Waals surface area (Å²) < 4.78 is 5.30. The number of hydrogen-bond acceptors (Lipinski definition) is 3. The molecule has 23 heavy (non-hydrogen) atoms. The fourth-order valence-corrected chi connectivity index (χ4v) is 3.23. The Bertz CT molecular complexity index is 574. The van der Waals surface area contributed by atoms with E-state index in [9.17, 15) is 4.79 Å². The van der Waals surface area contributed by atoms with Gasteiger partial charge in [-0.1, -0.05) is 48.5 Å². The van der Waals surface area contributed by atoms with Crippen molar-refractivity contribution in [2.75, 3.05) is 19.8 Å². The minimum atomic E-state index is -0.245. The molecule has 0 aliphatic rings. The predicted molar refractivity (Wildman–Crippen MR) is 95.6 cm³/mol. The first-order chi connectivity index (χ1) is 11.3. The molecule has 0 aromatic heterocycles. The standard InChI is InChI=1S/C19H23NO2S/c1-2-22-15-9-14-20-19(21)18(16-10-5-3-6-11-16)23-17-12-7-4-8-13-17/h3-8,10-13,18H,2,9,14-15H2,1H3,(H,20,21)/t18-/m1/s1. The van der Waals surface area contributed by atoms with Crippen LogP contribution >= 0.6 is 11.8 Å². The molecule has 0 aliphatic heterocycles. The summed E-state index contributed by atoms with van der Waals surface area (Å²) in [6, 6.07) is 19.9. The van der Waals surface area contributed by atoms with Gasteiger partial charge in [-0.3, -0.25) is 4.79 Å². The number of amides is 1. The molecule has 2 aromatic rings. The molecular formula is C19H23NO2S. The number of benzene rings is 2. The van der Waals surface area contributed by atoms with Crippen LogP contribution in [0.2, 0.25) is 0 Å². The molecule has 1 amide bonds. The Morgan fingerprint density at radius 2 is 1.74 bits per heavy atom. The van der Waals surface area contributed by atoms with Crippen LogP contribution in [-0.2, 0) is 9.53 Å². The largest absolute Gasteiger partial charge is 0.382 e. The average Bonchev–Trinajstić information content (AvgIpc) is 2.61. The Morgan fingerprint density at radius 1 is 1.09 bits per heavy atom. The molecule has 2 rings (SSSR count). The van der Waals surface area contributed by atoms with Crippen LogP contribution in [0.1, 0.15) is 24.2 Å². The normalized spacial score (nSPS) is 11.9. The van der Waals surface area contributed by atoms with E-state index in [4.69, 9.17) is 4.74 Å². The van der Waals surface area contributed by atoms with Gasteiger partial charge in [0.15, 0.2) is 0 Å². The molecule has 3 nitrogen and oxygen atoms in total. The van der Waals surface area contributed by atoms with Crippen LogP contribution in [-0.4, -0.2) is 25.7 Å². The first-order valence-electron chi connectivity index (χ1n) is 7.93. The second kappa shape index (κ2) is 10.1. The van der Waals surface area contributed by atoms with E-state index in [-0.39, 0.29) is 11.2 Å². The van der Waals surface area contributed by atoms with E-state index in [0.717, 1.165) is 16.9 Å². The molecule has 0 aliphatic carbocycles. The average molecular weight is 329 g/mol. The van der Waals surface area contributed by atoms with Gasteiger partial charge >= 0.3 is 0 Å². The number of carbonyl (C=O) groups is 1. The molecule has 0 unspecified atom stereocenters. The summed E-state index contributed by atoms with van der Waals surface area (Å²) in [7, 11) is 0. The lowest BCUT2D eigenvalue weighted by molar-refractivity contribution is -0.120. The predicted octanol–water partition coefficient (Wildman–Crippen LogP) is 4.06. The summed E-state index contributed by atoms with van der Waals surface area (Å²) in [5.74, 6) is 0.0431. The van der Waals surface area contributed by atoms with Gasteiger partial charge < -0.3 is 10.1 Å². The monoisotopic (exact) mass is 329 g/mol. The van der Waals surface area contributed by atoms with E-state index in [1.807, 2.05) is 67.6 Å².